The molecule has 0 aliphatic heterocycles. The number of aromatic nitrogens is 3. The third-order valence-electron chi connectivity index (χ3n) is 2.76. The molecule has 5 nitrogen and oxygen atoms in total. The van der Waals surface area contributed by atoms with Gasteiger partial charge in [0.05, 0.1) is 16.6 Å². The fraction of sp³-hybridized carbons (Fsp3) is 0.250. The van der Waals surface area contributed by atoms with E-state index in [1.807, 2.05) is 25.3 Å². The number of nitrogens with zero attached hydrogens (tertiary/aromatic N) is 3. The van der Waals surface area contributed by atoms with Crippen LogP contribution in [0.1, 0.15) is 17.0 Å². The molecule has 0 saturated heterocycles. The maximum absolute atomic E-state index is 5.74. The highest BCUT2D eigenvalue weighted by atomic mass is 32.1. The summed E-state index contributed by atoms with van der Waals surface area (Å²) in [6.07, 6.45) is 1.52. The van der Waals surface area contributed by atoms with Gasteiger partial charge < -0.3 is 9.26 Å². The highest BCUT2D eigenvalue weighted by Crippen LogP contribution is 2.26. The average Bonchev–Trinajstić information content (AvgIpc) is 2.95. The van der Waals surface area contributed by atoms with Crippen LogP contribution in [0.5, 0.6) is 5.88 Å². The Bertz CT molecular complexity index is 670. The first kappa shape index (κ1) is 11.2. The second-order valence-electron chi connectivity index (χ2n) is 3.91. The smallest absolute Gasteiger partial charge is 0.225 e. The van der Waals surface area contributed by atoms with Crippen LogP contribution < -0.4 is 4.74 Å². The lowest BCUT2D eigenvalue weighted by molar-refractivity contribution is 0.293. The fourth-order valence-corrected chi connectivity index (χ4v) is 2.45. The van der Waals surface area contributed by atoms with Crippen LogP contribution in [0.3, 0.4) is 0 Å². The molecule has 92 valence electrons. The largest absolute Gasteiger partial charge is 0.472 e. The molecule has 18 heavy (non-hydrogen) atoms. The third kappa shape index (κ3) is 1.84. The van der Waals surface area contributed by atoms with Gasteiger partial charge in [-0.1, -0.05) is 5.16 Å². The summed E-state index contributed by atoms with van der Waals surface area (Å²) in [6.45, 7) is 4.18. The Labute approximate surface area is 107 Å². The molecule has 0 bridgehead atoms. The Balaban J connectivity index is 1.87. The van der Waals surface area contributed by atoms with Gasteiger partial charge in [0.1, 0.15) is 23.5 Å². The van der Waals surface area contributed by atoms with Crippen molar-refractivity contribution in [1.82, 2.24) is 15.1 Å². The SMILES string of the molecule is Cc1noc(C)c1COc1ncnc2sccc12. The number of ether oxygens (including phenoxy) is 1. The summed E-state index contributed by atoms with van der Waals surface area (Å²) in [4.78, 5) is 9.27. The van der Waals surface area contributed by atoms with Gasteiger partial charge >= 0.3 is 0 Å². The molecule has 3 aromatic rings. The quantitative estimate of drug-likeness (QED) is 0.725. The van der Waals surface area contributed by atoms with Crippen LogP contribution in [-0.2, 0) is 6.61 Å². The van der Waals surface area contributed by atoms with Crippen molar-refractivity contribution in [3.05, 3.63) is 34.8 Å². The van der Waals surface area contributed by atoms with Crippen molar-refractivity contribution in [3.63, 3.8) is 0 Å². The normalized spacial score (nSPS) is 11.0. The summed E-state index contributed by atoms with van der Waals surface area (Å²) >= 11 is 1.57. The molecule has 0 atom stereocenters. The summed E-state index contributed by atoms with van der Waals surface area (Å²) in [5, 5.41) is 6.81. The Hall–Kier alpha value is -1.95. The van der Waals surface area contributed by atoms with Gasteiger partial charge in [0.2, 0.25) is 5.88 Å². The molecule has 0 N–H and O–H groups in total. The van der Waals surface area contributed by atoms with E-state index in [-0.39, 0.29) is 0 Å². The molecule has 0 aliphatic carbocycles. The number of thiophene rings is 1. The van der Waals surface area contributed by atoms with Crippen LogP contribution in [0, 0.1) is 13.8 Å². The van der Waals surface area contributed by atoms with Crippen molar-refractivity contribution in [3.8, 4) is 5.88 Å². The zero-order valence-corrected chi connectivity index (χ0v) is 10.8. The molecule has 0 amide bonds. The number of hydrogen-bond donors (Lipinski definition) is 0. The molecule has 6 heteroatoms. The summed E-state index contributed by atoms with van der Waals surface area (Å²) in [7, 11) is 0. The van der Waals surface area contributed by atoms with Gasteiger partial charge in [-0.25, -0.2) is 9.97 Å². The minimum atomic E-state index is 0.406. The molecule has 0 unspecified atom stereocenters. The van der Waals surface area contributed by atoms with Gasteiger partial charge in [-0.3, -0.25) is 0 Å². The van der Waals surface area contributed by atoms with Crippen molar-refractivity contribution in [2.75, 3.05) is 0 Å². The maximum Gasteiger partial charge on any atom is 0.225 e. The van der Waals surface area contributed by atoms with Gasteiger partial charge in [-0.15, -0.1) is 11.3 Å². The van der Waals surface area contributed by atoms with Gasteiger partial charge in [0.25, 0.3) is 0 Å². The van der Waals surface area contributed by atoms with Gasteiger partial charge in [-0.2, -0.15) is 0 Å². The summed E-state index contributed by atoms with van der Waals surface area (Å²) < 4.78 is 10.8. The first-order valence-electron chi connectivity index (χ1n) is 5.48. The molecule has 0 saturated carbocycles. The lowest BCUT2D eigenvalue weighted by Crippen LogP contribution is -1.99. The molecule has 3 rings (SSSR count). The molecule has 3 heterocycles. The van der Waals surface area contributed by atoms with Crippen LogP contribution in [-0.4, -0.2) is 15.1 Å². The molecular formula is C12H11N3O2S. The van der Waals surface area contributed by atoms with E-state index < -0.39 is 0 Å². The molecule has 0 radical (unpaired) electrons. The van der Waals surface area contributed by atoms with E-state index in [1.54, 1.807) is 11.3 Å². The van der Waals surface area contributed by atoms with Crippen LogP contribution in [0.4, 0.5) is 0 Å². The number of fused-ring (bicyclic) bond motifs is 1. The molecule has 0 spiro atoms. The fourth-order valence-electron chi connectivity index (χ4n) is 1.73. The summed E-state index contributed by atoms with van der Waals surface area (Å²) in [6, 6.07) is 1.96. The van der Waals surface area contributed by atoms with Crippen molar-refractivity contribution in [1.29, 1.82) is 0 Å². The van der Waals surface area contributed by atoms with Crippen molar-refractivity contribution < 1.29 is 9.26 Å². The molecule has 0 aromatic carbocycles. The Morgan fingerprint density at radius 2 is 2.22 bits per heavy atom. The predicted octanol–water partition coefficient (Wildman–Crippen LogP) is 2.88. The van der Waals surface area contributed by atoms with Crippen LogP contribution in [0.25, 0.3) is 10.2 Å². The van der Waals surface area contributed by atoms with Crippen molar-refractivity contribution >= 4 is 21.6 Å². The van der Waals surface area contributed by atoms with E-state index in [1.165, 1.54) is 6.33 Å². The Morgan fingerprint density at radius 3 is 3.00 bits per heavy atom. The topological polar surface area (TPSA) is 61.0 Å². The Kier molecular flexibility index (Phi) is 2.71. The highest BCUT2D eigenvalue weighted by Gasteiger charge is 2.11. The van der Waals surface area contributed by atoms with Crippen molar-refractivity contribution in [2.45, 2.75) is 20.5 Å². The molecule has 3 aromatic heterocycles. The zero-order chi connectivity index (χ0) is 12.5. The molecule has 0 fully saturated rings. The van der Waals surface area contributed by atoms with Gasteiger partial charge in [0, 0.05) is 0 Å². The summed E-state index contributed by atoms with van der Waals surface area (Å²) in [5.74, 6) is 1.38. The predicted molar refractivity (Wildman–Crippen MR) is 67.7 cm³/mol. The van der Waals surface area contributed by atoms with Crippen molar-refractivity contribution in [2.24, 2.45) is 0 Å². The zero-order valence-electron chi connectivity index (χ0n) is 10.0. The Morgan fingerprint density at radius 1 is 1.33 bits per heavy atom. The second-order valence-corrected chi connectivity index (χ2v) is 4.80. The highest BCUT2D eigenvalue weighted by molar-refractivity contribution is 7.16. The van der Waals surface area contributed by atoms with E-state index in [4.69, 9.17) is 9.26 Å². The lowest BCUT2D eigenvalue weighted by Gasteiger charge is -2.05. The lowest BCUT2D eigenvalue weighted by atomic mass is 10.2. The van der Waals surface area contributed by atoms with Gasteiger partial charge in [0.15, 0.2) is 0 Å². The molecular weight excluding hydrogens is 250 g/mol. The number of rotatable bonds is 3. The summed E-state index contributed by atoms with van der Waals surface area (Å²) in [5.41, 5.74) is 1.82. The third-order valence-corrected chi connectivity index (χ3v) is 3.58. The van der Waals surface area contributed by atoms with Gasteiger partial charge in [-0.05, 0) is 25.3 Å². The first-order valence-corrected chi connectivity index (χ1v) is 6.36. The van der Waals surface area contributed by atoms with Crippen LogP contribution >= 0.6 is 11.3 Å². The maximum atomic E-state index is 5.74. The van der Waals surface area contributed by atoms with Crippen LogP contribution in [0.15, 0.2) is 22.3 Å². The minimum Gasteiger partial charge on any atom is -0.472 e. The molecule has 0 aliphatic rings. The average molecular weight is 261 g/mol. The monoisotopic (exact) mass is 261 g/mol. The number of hydrogen-bond acceptors (Lipinski definition) is 6. The van der Waals surface area contributed by atoms with E-state index in [2.05, 4.69) is 15.1 Å². The van der Waals surface area contributed by atoms with E-state index in [9.17, 15) is 0 Å². The second kappa shape index (κ2) is 4.38. The number of aryl methyl sites for hydroxylation is 2. The van der Waals surface area contributed by atoms with E-state index in [0.29, 0.717) is 12.5 Å². The first-order chi connectivity index (χ1) is 8.75. The standard InChI is InChI=1S/C12H11N3O2S/c1-7-10(8(2)17-15-7)5-16-11-9-3-4-18-12(9)14-6-13-11/h3-4,6H,5H2,1-2H3. The van der Waals surface area contributed by atoms with Crippen LogP contribution in [0.2, 0.25) is 0 Å². The van der Waals surface area contributed by atoms with E-state index >= 15 is 0 Å². The minimum absolute atomic E-state index is 0.406. The van der Waals surface area contributed by atoms with E-state index in [0.717, 1.165) is 27.2 Å².